The summed E-state index contributed by atoms with van der Waals surface area (Å²) in [6.07, 6.45) is 0. The first-order chi connectivity index (χ1) is 9.99. The van der Waals surface area contributed by atoms with Crippen molar-refractivity contribution in [3.63, 3.8) is 0 Å². The minimum atomic E-state index is 0.00773. The van der Waals surface area contributed by atoms with Crippen LogP contribution < -0.4 is 16.2 Å². The number of anilines is 2. The molecule has 2 aromatic rings. The fourth-order valence-electron chi connectivity index (χ4n) is 1.78. The quantitative estimate of drug-likeness (QED) is 0.495. The third-order valence-electron chi connectivity index (χ3n) is 2.79. The van der Waals surface area contributed by atoms with Crippen LogP contribution in [0.2, 0.25) is 0 Å². The summed E-state index contributed by atoms with van der Waals surface area (Å²) in [6, 6.07) is 6.83. The Bertz CT molecular complexity index is 656. The monoisotopic (exact) mass is 304 g/mol. The van der Waals surface area contributed by atoms with Crippen LogP contribution in [-0.4, -0.2) is 22.9 Å². The summed E-state index contributed by atoms with van der Waals surface area (Å²) in [5.74, 6) is 1.93. The van der Waals surface area contributed by atoms with E-state index < -0.39 is 0 Å². The maximum atomic E-state index is 11.5. The number of carbonyl (C=O) groups excluding carboxylic acids is 1. The van der Waals surface area contributed by atoms with E-state index in [-0.39, 0.29) is 5.78 Å². The van der Waals surface area contributed by atoms with Gasteiger partial charge in [0.25, 0.3) is 0 Å². The van der Waals surface area contributed by atoms with Crippen LogP contribution in [0.15, 0.2) is 29.4 Å². The topological polar surface area (TPSA) is 104 Å². The van der Waals surface area contributed by atoms with E-state index in [0.29, 0.717) is 33.9 Å². The zero-order chi connectivity index (χ0) is 15.4. The number of nitrogens with zero attached hydrogens (tertiary/aromatic N) is 2. The van der Waals surface area contributed by atoms with Gasteiger partial charge >= 0.3 is 0 Å². The van der Waals surface area contributed by atoms with Gasteiger partial charge in [0.15, 0.2) is 10.9 Å². The summed E-state index contributed by atoms with van der Waals surface area (Å²) in [5, 5.41) is 0.489. The molecule has 0 aliphatic heterocycles. The Balaban J connectivity index is 2.21. The highest BCUT2D eigenvalue weighted by Gasteiger charge is 2.09. The zero-order valence-electron chi connectivity index (χ0n) is 11.8. The number of hydrogen-bond donors (Lipinski definition) is 2. The Morgan fingerprint density at radius 2 is 1.90 bits per heavy atom. The van der Waals surface area contributed by atoms with Crippen LogP contribution in [0.3, 0.4) is 0 Å². The molecule has 0 fully saturated rings. The molecule has 0 atom stereocenters. The number of rotatable bonds is 5. The molecular weight excluding hydrogens is 288 g/mol. The molecule has 0 saturated heterocycles. The molecule has 7 heteroatoms. The molecule has 0 bridgehead atoms. The Hall–Kier alpha value is -2.28. The molecule has 0 radical (unpaired) electrons. The van der Waals surface area contributed by atoms with Crippen molar-refractivity contribution in [3.8, 4) is 5.75 Å². The fraction of sp³-hybridized carbons (Fsp3) is 0.214. The molecule has 0 spiro atoms. The lowest BCUT2D eigenvalue weighted by Crippen LogP contribution is -2.00. The van der Waals surface area contributed by atoms with Crippen LogP contribution in [-0.2, 0) is 5.75 Å². The number of benzene rings is 1. The second-order valence-corrected chi connectivity index (χ2v) is 5.31. The van der Waals surface area contributed by atoms with Gasteiger partial charge in [-0.05, 0) is 25.1 Å². The van der Waals surface area contributed by atoms with Gasteiger partial charge in [-0.3, -0.25) is 4.79 Å². The van der Waals surface area contributed by atoms with Crippen molar-refractivity contribution in [2.24, 2.45) is 0 Å². The van der Waals surface area contributed by atoms with Gasteiger partial charge in [-0.25, -0.2) is 9.97 Å². The lowest BCUT2D eigenvalue weighted by Gasteiger charge is -2.09. The van der Waals surface area contributed by atoms with Crippen molar-refractivity contribution in [1.82, 2.24) is 9.97 Å². The van der Waals surface area contributed by atoms with Crippen molar-refractivity contribution >= 4 is 29.2 Å². The summed E-state index contributed by atoms with van der Waals surface area (Å²) < 4.78 is 5.30. The number of carbonyl (C=O) groups is 1. The van der Waals surface area contributed by atoms with Crippen molar-refractivity contribution in [2.45, 2.75) is 17.8 Å². The highest BCUT2D eigenvalue weighted by molar-refractivity contribution is 7.98. The summed E-state index contributed by atoms with van der Waals surface area (Å²) in [4.78, 5) is 19.7. The van der Waals surface area contributed by atoms with Crippen molar-refractivity contribution < 1.29 is 9.53 Å². The Morgan fingerprint density at radius 3 is 2.48 bits per heavy atom. The predicted molar refractivity (Wildman–Crippen MR) is 83.4 cm³/mol. The molecule has 0 amide bonds. The van der Waals surface area contributed by atoms with Gasteiger partial charge in [0, 0.05) is 22.9 Å². The van der Waals surface area contributed by atoms with Crippen LogP contribution in [0.4, 0.5) is 11.6 Å². The molecule has 6 nitrogen and oxygen atoms in total. The minimum Gasteiger partial charge on any atom is -0.496 e. The van der Waals surface area contributed by atoms with Crippen molar-refractivity contribution in [1.29, 1.82) is 0 Å². The van der Waals surface area contributed by atoms with Gasteiger partial charge < -0.3 is 16.2 Å². The molecule has 0 saturated carbocycles. The number of ketones is 1. The van der Waals surface area contributed by atoms with Crippen molar-refractivity contribution in [3.05, 3.63) is 35.4 Å². The first-order valence-corrected chi connectivity index (χ1v) is 7.19. The van der Waals surface area contributed by atoms with Gasteiger partial charge in [-0.2, -0.15) is 0 Å². The van der Waals surface area contributed by atoms with E-state index in [4.69, 9.17) is 16.2 Å². The maximum absolute atomic E-state index is 11.5. The first kappa shape index (κ1) is 15.1. The van der Waals surface area contributed by atoms with Crippen molar-refractivity contribution in [2.75, 3.05) is 18.6 Å². The molecular formula is C14H16N4O2S. The van der Waals surface area contributed by atoms with E-state index in [1.54, 1.807) is 19.2 Å². The molecule has 4 N–H and O–H groups in total. The number of Topliss-reactive ketones (excluding diaryl/α,β-unsaturated/α-hetero) is 1. The molecule has 0 aliphatic carbocycles. The molecule has 1 heterocycles. The number of nitrogen functional groups attached to an aromatic ring is 2. The van der Waals surface area contributed by atoms with E-state index >= 15 is 0 Å². The second kappa shape index (κ2) is 6.45. The number of hydrogen-bond acceptors (Lipinski definition) is 7. The molecule has 1 aromatic carbocycles. The van der Waals surface area contributed by atoms with E-state index in [9.17, 15) is 4.79 Å². The van der Waals surface area contributed by atoms with Crippen LogP contribution in [0.1, 0.15) is 22.8 Å². The Kier molecular flexibility index (Phi) is 4.64. The number of aromatic nitrogens is 2. The Labute approximate surface area is 126 Å². The minimum absolute atomic E-state index is 0.00773. The van der Waals surface area contributed by atoms with Gasteiger partial charge in [0.05, 0.1) is 7.11 Å². The summed E-state index contributed by atoms with van der Waals surface area (Å²) in [7, 11) is 1.59. The predicted octanol–water partition coefficient (Wildman–Crippen LogP) is 2.14. The number of ether oxygens (including phenoxy) is 1. The summed E-state index contributed by atoms with van der Waals surface area (Å²) in [5.41, 5.74) is 12.8. The maximum Gasteiger partial charge on any atom is 0.191 e. The third kappa shape index (κ3) is 3.85. The fourth-order valence-corrected chi connectivity index (χ4v) is 2.63. The largest absolute Gasteiger partial charge is 0.496 e. The highest BCUT2D eigenvalue weighted by atomic mass is 32.2. The lowest BCUT2D eigenvalue weighted by molar-refractivity contribution is 0.101. The Morgan fingerprint density at radius 1 is 1.24 bits per heavy atom. The van der Waals surface area contributed by atoms with Gasteiger partial charge in [-0.15, -0.1) is 0 Å². The molecule has 1 aromatic heterocycles. The molecule has 0 aliphatic rings. The SMILES string of the molecule is COc1ccc(C(C)=O)cc1CSc1nc(N)cc(N)n1. The van der Waals surface area contributed by atoms with E-state index in [1.807, 2.05) is 6.07 Å². The van der Waals surface area contributed by atoms with Crippen LogP contribution in [0.25, 0.3) is 0 Å². The van der Waals surface area contributed by atoms with E-state index in [0.717, 1.165) is 5.56 Å². The third-order valence-corrected chi connectivity index (χ3v) is 3.69. The van der Waals surface area contributed by atoms with Crippen LogP contribution in [0.5, 0.6) is 5.75 Å². The lowest BCUT2D eigenvalue weighted by atomic mass is 10.1. The van der Waals surface area contributed by atoms with E-state index in [1.165, 1.54) is 24.8 Å². The van der Waals surface area contributed by atoms with Gasteiger partial charge in [0.1, 0.15) is 17.4 Å². The number of methoxy groups -OCH3 is 1. The highest BCUT2D eigenvalue weighted by Crippen LogP contribution is 2.28. The average molecular weight is 304 g/mol. The molecule has 110 valence electrons. The molecule has 2 rings (SSSR count). The average Bonchev–Trinajstić information content (AvgIpc) is 2.43. The zero-order valence-corrected chi connectivity index (χ0v) is 12.6. The van der Waals surface area contributed by atoms with Crippen LogP contribution in [0, 0.1) is 0 Å². The summed E-state index contributed by atoms with van der Waals surface area (Å²) >= 11 is 1.38. The second-order valence-electron chi connectivity index (χ2n) is 4.37. The normalized spacial score (nSPS) is 10.4. The standard InChI is InChI=1S/C14H16N4O2S/c1-8(19)9-3-4-11(20-2)10(5-9)7-21-14-17-12(15)6-13(16)18-14/h3-6H,7H2,1-2H3,(H4,15,16,17,18). The first-order valence-electron chi connectivity index (χ1n) is 6.20. The summed E-state index contributed by atoms with van der Waals surface area (Å²) in [6.45, 7) is 1.53. The van der Waals surface area contributed by atoms with Gasteiger partial charge in [-0.1, -0.05) is 11.8 Å². The van der Waals surface area contributed by atoms with Crippen LogP contribution >= 0.6 is 11.8 Å². The molecule has 0 unspecified atom stereocenters. The molecule has 21 heavy (non-hydrogen) atoms. The number of nitrogens with two attached hydrogens (primary N) is 2. The number of thioether (sulfide) groups is 1. The van der Waals surface area contributed by atoms with E-state index in [2.05, 4.69) is 9.97 Å². The smallest absolute Gasteiger partial charge is 0.191 e. The van der Waals surface area contributed by atoms with Gasteiger partial charge in [0.2, 0.25) is 0 Å².